The Kier molecular flexibility index (Phi) is 5.94. The van der Waals surface area contributed by atoms with Gasteiger partial charge in [-0.2, -0.15) is 0 Å². The Labute approximate surface area is 206 Å². The van der Waals surface area contributed by atoms with Crippen LogP contribution >= 0.6 is 22.7 Å². The number of hydrogen-bond donors (Lipinski definition) is 3. The number of benzene rings is 1. The number of likely N-dealkylation sites (tertiary alicyclic amines) is 1. The lowest BCUT2D eigenvalue weighted by atomic mass is 9.89. The SMILES string of the molecule is O=C(Nc1ccc(C(=O)N2CC(c3ncc(-c4ccccc4C4CNC4)s3)C2)s1)[C@@H]1CCCN1. The lowest BCUT2D eigenvalue weighted by Crippen LogP contribution is -2.48. The Morgan fingerprint density at radius 2 is 1.91 bits per heavy atom. The first-order valence-electron chi connectivity index (χ1n) is 11.8. The second kappa shape index (κ2) is 9.22. The molecule has 1 atom stereocenters. The first-order valence-corrected chi connectivity index (χ1v) is 13.5. The standard InChI is InChI=1S/C25H27N5O2S2/c31-23(19-6-3-9-27-19)29-22-8-7-20(33-22)25(32)30-13-16(14-30)24-28-12-21(34-24)18-5-2-1-4-17(18)15-10-26-11-15/h1-2,4-5,7-8,12,15-16,19,26-27H,3,6,9-11,13-14H2,(H,29,31)/t19-/m0/s1. The van der Waals surface area contributed by atoms with E-state index in [0.717, 1.165) is 42.5 Å². The van der Waals surface area contributed by atoms with Crippen LogP contribution in [0.1, 0.15) is 44.9 Å². The Hall–Kier alpha value is -2.59. The van der Waals surface area contributed by atoms with Crippen molar-refractivity contribution in [1.82, 2.24) is 20.5 Å². The maximum Gasteiger partial charge on any atom is 0.264 e. The normalized spacial score (nSPS) is 20.7. The van der Waals surface area contributed by atoms with Crippen LogP contribution in [0.4, 0.5) is 5.00 Å². The van der Waals surface area contributed by atoms with Gasteiger partial charge in [0.15, 0.2) is 0 Å². The highest BCUT2D eigenvalue weighted by molar-refractivity contribution is 7.18. The number of thiazole rings is 1. The van der Waals surface area contributed by atoms with Gasteiger partial charge in [0.1, 0.15) is 0 Å². The lowest BCUT2D eigenvalue weighted by Gasteiger charge is -2.37. The van der Waals surface area contributed by atoms with Crippen LogP contribution in [0.15, 0.2) is 42.6 Å². The van der Waals surface area contributed by atoms with E-state index in [1.807, 2.05) is 23.2 Å². The maximum atomic E-state index is 12.9. The van der Waals surface area contributed by atoms with Gasteiger partial charge >= 0.3 is 0 Å². The van der Waals surface area contributed by atoms with Gasteiger partial charge in [-0.3, -0.25) is 9.59 Å². The van der Waals surface area contributed by atoms with Crippen molar-refractivity contribution in [2.75, 3.05) is 38.0 Å². The van der Waals surface area contributed by atoms with Crippen molar-refractivity contribution in [3.8, 4) is 10.4 Å². The Morgan fingerprint density at radius 1 is 1.06 bits per heavy atom. The molecule has 2 aromatic heterocycles. The molecule has 3 aliphatic heterocycles. The molecule has 6 rings (SSSR count). The van der Waals surface area contributed by atoms with E-state index >= 15 is 0 Å². The minimum absolute atomic E-state index is 0.0166. The van der Waals surface area contributed by atoms with Crippen LogP contribution in [0.5, 0.6) is 0 Å². The zero-order valence-electron chi connectivity index (χ0n) is 18.8. The fraction of sp³-hybridized carbons (Fsp3) is 0.400. The fourth-order valence-corrected chi connectivity index (χ4v) is 6.71. The summed E-state index contributed by atoms with van der Waals surface area (Å²) in [7, 11) is 0. The van der Waals surface area contributed by atoms with E-state index in [1.54, 1.807) is 11.3 Å². The molecule has 3 aliphatic rings. The molecule has 5 heterocycles. The van der Waals surface area contributed by atoms with Crippen LogP contribution in [-0.2, 0) is 4.79 Å². The molecule has 0 aliphatic carbocycles. The molecule has 3 fully saturated rings. The highest BCUT2D eigenvalue weighted by Crippen LogP contribution is 2.38. The average molecular weight is 494 g/mol. The van der Waals surface area contributed by atoms with Gasteiger partial charge in [-0.05, 0) is 42.6 Å². The molecule has 0 unspecified atom stereocenters. The molecule has 34 heavy (non-hydrogen) atoms. The Balaban J connectivity index is 1.07. The average Bonchev–Trinajstić information content (AvgIpc) is 3.54. The summed E-state index contributed by atoms with van der Waals surface area (Å²) in [5, 5.41) is 11.3. The second-order valence-electron chi connectivity index (χ2n) is 9.21. The third-order valence-electron chi connectivity index (χ3n) is 6.93. The van der Waals surface area contributed by atoms with E-state index in [1.165, 1.54) is 27.3 Å². The summed E-state index contributed by atoms with van der Waals surface area (Å²) in [6.45, 7) is 4.33. The highest BCUT2D eigenvalue weighted by Gasteiger charge is 2.35. The minimum Gasteiger partial charge on any atom is -0.336 e. The lowest BCUT2D eigenvalue weighted by molar-refractivity contribution is -0.117. The minimum atomic E-state index is -0.127. The van der Waals surface area contributed by atoms with Gasteiger partial charge in [0.2, 0.25) is 5.91 Å². The number of rotatable bonds is 6. The summed E-state index contributed by atoms with van der Waals surface area (Å²) < 4.78 is 0. The summed E-state index contributed by atoms with van der Waals surface area (Å²) in [5.41, 5.74) is 2.68. The fourth-order valence-electron chi connectivity index (χ4n) is 4.78. The number of amides is 2. The topological polar surface area (TPSA) is 86.4 Å². The van der Waals surface area contributed by atoms with Crippen LogP contribution in [-0.4, -0.2) is 60.5 Å². The molecule has 0 radical (unpaired) electrons. The molecule has 1 aromatic carbocycles. The molecule has 176 valence electrons. The van der Waals surface area contributed by atoms with Crippen molar-refractivity contribution in [1.29, 1.82) is 0 Å². The van der Waals surface area contributed by atoms with Crippen molar-refractivity contribution >= 4 is 39.5 Å². The van der Waals surface area contributed by atoms with Gasteiger partial charge < -0.3 is 20.9 Å². The smallest absolute Gasteiger partial charge is 0.264 e. The van der Waals surface area contributed by atoms with Crippen molar-refractivity contribution in [3.63, 3.8) is 0 Å². The monoisotopic (exact) mass is 493 g/mol. The van der Waals surface area contributed by atoms with Crippen LogP contribution in [0.25, 0.3) is 10.4 Å². The molecule has 2 amide bonds. The van der Waals surface area contributed by atoms with Gasteiger partial charge in [0.25, 0.3) is 5.91 Å². The molecular formula is C25H27N5O2S2. The van der Waals surface area contributed by atoms with Crippen LogP contribution in [0.2, 0.25) is 0 Å². The summed E-state index contributed by atoms with van der Waals surface area (Å²) in [6.07, 6.45) is 3.87. The van der Waals surface area contributed by atoms with Crippen LogP contribution < -0.4 is 16.0 Å². The van der Waals surface area contributed by atoms with Crippen molar-refractivity contribution in [3.05, 3.63) is 58.0 Å². The molecule has 9 heteroatoms. The highest BCUT2D eigenvalue weighted by atomic mass is 32.1. The predicted octanol–water partition coefficient (Wildman–Crippen LogP) is 3.49. The van der Waals surface area contributed by atoms with Gasteiger partial charge in [-0.25, -0.2) is 4.98 Å². The number of nitrogens with one attached hydrogen (secondary N) is 3. The molecule has 3 aromatic rings. The van der Waals surface area contributed by atoms with Gasteiger partial charge in [0.05, 0.1) is 25.8 Å². The largest absolute Gasteiger partial charge is 0.336 e. The van der Waals surface area contributed by atoms with E-state index in [4.69, 9.17) is 4.98 Å². The van der Waals surface area contributed by atoms with E-state index < -0.39 is 0 Å². The van der Waals surface area contributed by atoms with Crippen molar-refractivity contribution in [2.45, 2.75) is 30.7 Å². The summed E-state index contributed by atoms with van der Waals surface area (Å²) >= 11 is 3.10. The van der Waals surface area contributed by atoms with E-state index in [-0.39, 0.29) is 23.8 Å². The molecule has 3 saturated heterocycles. The Morgan fingerprint density at radius 3 is 2.68 bits per heavy atom. The van der Waals surface area contributed by atoms with Gasteiger partial charge in [0, 0.05) is 44.2 Å². The predicted molar refractivity (Wildman–Crippen MR) is 136 cm³/mol. The number of carbonyl (C=O) groups is 2. The summed E-state index contributed by atoms with van der Waals surface area (Å²) in [6, 6.07) is 12.1. The number of nitrogens with zero attached hydrogens (tertiary/aromatic N) is 2. The first-order chi connectivity index (χ1) is 16.7. The molecule has 7 nitrogen and oxygen atoms in total. The second-order valence-corrected chi connectivity index (χ2v) is 11.4. The number of thiophene rings is 1. The van der Waals surface area contributed by atoms with Crippen molar-refractivity contribution in [2.24, 2.45) is 0 Å². The number of carbonyl (C=O) groups excluding carboxylic acids is 2. The third kappa shape index (κ3) is 4.17. The van der Waals surface area contributed by atoms with Crippen LogP contribution in [0, 0.1) is 0 Å². The van der Waals surface area contributed by atoms with Gasteiger partial charge in [-0.1, -0.05) is 24.3 Å². The zero-order valence-corrected chi connectivity index (χ0v) is 20.4. The molecule has 0 spiro atoms. The third-order valence-corrected chi connectivity index (χ3v) is 9.11. The number of anilines is 1. The summed E-state index contributed by atoms with van der Waals surface area (Å²) in [4.78, 5) is 33.7. The maximum absolute atomic E-state index is 12.9. The quantitative estimate of drug-likeness (QED) is 0.490. The molecular weight excluding hydrogens is 466 g/mol. The zero-order chi connectivity index (χ0) is 23.1. The molecule has 0 bridgehead atoms. The van der Waals surface area contributed by atoms with Gasteiger partial charge in [-0.15, -0.1) is 22.7 Å². The molecule has 3 N–H and O–H groups in total. The van der Waals surface area contributed by atoms with Crippen LogP contribution in [0.3, 0.4) is 0 Å². The first kappa shape index (κ1) is 21.9. The number of hydrogen-bond acceptors (Lipinski definition) is 7. The summed E-state index contributed by atoms with van der Waals surface area (Å²) in [5.74, 6) is 0.874. The van der Waals surface area contributed by atoms with E-state index in [9.17, 15) is 9.59 Å². The van der Waals surface area contributed by atoms with E-state index in [0.29, 0.717) is 23.9 Å². The Bertz CT molecular complexity index is 1210. The van der Waals surface area contributed by atoms with E-state index in [2.05, 4.69) is 40.2 Å². The number of aromatic nitrogens is 1. The molecule has 0 saturated carbocycles. The van der Waals surface area contributed by atoms with Crippen molar-refractivity contribution < 1.29 is 9.59 Å².